The molecular formula is C9H18N2O3. The minimum absolute atomic E-state index is 0.138. The van der Waals surface area contributed by atoms with Crippen molar-refractivity contribution >= 4 is 11.8 Å². The van der Waals surface area contributed by atoms with Crippen molar-refractivity contribution in [1.82, 2.24) is 10.8 Å². The van der Waals surface area contributed by atoms with E-state index in [-0.39, 0.29) is 18.2 Å². The van der Waals surface area contributed by atoms with Gasteiger partial charge in [-0.3, -0.25) is 14.4 Å². The molecular weight excluding hydrogens is 184 g/mol. The van der Waals surface area contributed by atoms with Crippen molar-refractivity contribution in [2.24, 2.45) is 5.92 Å². The number of nitrogens with one attached hydrogen (secondary N) is 2. The molecule has 0 aliphatic carbocycles. The maximum absolute atomic E-state index is 11.0. The van der Waals surface area contributed by atoms with Crippen LogP contribution in [0.1, 0.15) is 27.2 Å². The average molecular weight is 202 g/mol. The number of hydroxylamine groups is 1. The normalized spacial score (nSPS) is 10.0. The average Bonchev–Trinajstić information content (AvgIpc) is 2.02. The third-order valence-corrected chi connectivity index (χ3v) is 1.33. The molecule has 2 N–H and O–H groups in total. The molecule has 0 radical (unpaired) electrons. The minimum Gasteiger partial charge on any atom is -0.356 e. The Bertz CT molecular complexity index is 192. The highest BCUT2D eigenvalue weighted by Gasteiger charge is 2.01. The summed E-state index contributed by atoms with van der Waals surface area (Å²) in [6.45, 7) is 6.22. The van der Waals surface area contributed by atoms with Crippen molar-refractivity contribution in [3.8, 4) is 0 Å². The van der Waals surface area contributed by atoms with Gasteiger partial charge >= 0.3 is 0 Å². The van der Waals surface area contributed by atoms with Crippen molar-refractivity contribution < 1.29 is 14.4 Å². The first kappa shape index (κ1) is 12.9. The van der Waals surface area contributed by atoms with E-state index >= 15 is 0 Å². The summed E-state index contributed by atoms with van der Waals surface area (Å²) in [7, 11) is 0. The summed E-state index contributed by atoms with van der Waals surface area (Å²) in [6, 6.07) is 0. The van der Waals surface area contributed by atoms with Crippen LogP contribution in [0.5, 0.6) is 0 Å². The van der Waals surface area contributed by atoms with E-state index in [0.29, 0.717) is 19.1 Å². The number of amides is 2. The van der Waals surface area contributed by atoms with Gasteiger partial charge in [-0.25, -0.2) is 5.48 Å². The second kappa shape index (κ2) is 7.32. The zero-order valence-corrected chi connectivity index (χ0v) is 8.92. The zero-order chi connectivity index (χ0) is 11.0. The standard InChI is InChI=1S/C9H18N2O3/c1-7(2)6-14-11-9(13)4-5-10-8(3)12/h7H,4-6H2,1-3H3,(H,10,12)(H,11,13). The van der Waals surface area contributed by atoms with E-state index in [1.807, 2.05) is 13.8 Å². The topological polar surface area (TPSA) is 67.4 Å². The molecule has 0 rings (SSSR count). The SMILES string of the molecule is CC(=O)NCCC(=O)NOCC(C)C. The molecule has 0 aromatic carbocycles. The molecule has 5 heteroatoms. The van der Waals surface area contributed by atoms with Gasteiger partial charge in [-0.2, -0.15) is 0 Å². The lowest BCUT2D eigenvalue weighted by Crippen LogP contribution is -2.30. The highest BCUT2D eigenvalue weighted by atomic mass is 16.6. The van der Waals surface area contributed by atoms with Crippen LogP contribution in [0.2, 0.25) is 0 Å². The van der Waals surface area contributed by atoms with E-state index < -0.39 is 0 Å². The van der Waals surface area contributed by atoms with E-state index in [2.05, 4.69) is 10.8 Å². The van der Waals surface area contributed by atoms with Crippen LogP contribution in [-0.4, -0.2) is 25.0 Å². The first-order valence-electron chi connectivity index (χ1n) is 4.67. The van der Waals surface area contributed by atoms with Crippen LogP contribution >= 0.6 is 0 Å². The number of carbonyl (C=O) groups excluding carboxylic acids is 2. The summed E-state index contributed by atoms with van der Waals surface area (Å²) in [5.74, 6) is 0.0194. The van der Waals surface area contributed by atoms with Crippen molar-refractivity contribution in [2.75, 3.05) is 13.2 Å². The summed E-state index contributed by atoms with van der Waals surface area (Å²) < 4.78 is 0. The second-order valence-electron chi connectivity index (χ2n) is 3.46. The monoisotopic (exact) mass is 202 g/mol. The molecule has 0 atom stereocenters. The predicted molar refractivity (Wildman–Crippen MR) is 52.2 cm³/mol. The molecule has 0 aromatic heterocycles. The summed E-state index contributed by atoms with van der Waals surface area (Å²) >= 11 is 0. The second-order valence-corrected chi connectivity index (χ2v) is 3.46. The van der Waals surface area contributed by atoms with Crippen LogP contribution in [0.25, 0.3) is 0 Å². The summed E-state index contributed by atoms with van der Waals surface area (Å²) in [5, 5.41) is 2.52. The van der Waals surface area contributed by atoms with Crippen LogP contribution < -0.4 is 10.8 Å². The summed E-state index contributed by atoms with van der Waals surface area (Å²) in [5.41, 5.74) is 2.30. The van der Waals surface area contributed by atoms with Gasteiger partial charge in [0.1, 0.15) is 0 Å². The van der Waals surface area contributed by atoms with Gasteiger partial charge < -0.3 is 5.32 Å². The lowest BCUT2D eigenvalue weighted by molar-refractivity contribution is -0.134. The van der Waals surface area contributed by atoms with E-state index in [0.717, 1.165) is 0 Å². The molecule has 0 aromatic rings. The molecule has 0 saturated carbocycles. The first-order valence-corrected chi connectivity index (χ1v) is 4.67. The van der Waals surface area contributed by atoms with E-state index in [4.69, 9.17) is 4.84 Å². The maximum Gasteiger partial charge on any atom is 0.245 e. The van der Waals surface area contributed by atoms with Gasteiger partial charge in [-0.05, 0) is 5.92 Å². The van der Waals surface area contributed by atoms with Gasteiger partial charge in [0, 0.05) is 19.9 Å². The number of rotatable bonds is 6. The van der Waals surface area contributed by atoms with Gasteiger partial charge in [-0.15, -0.1) is 0 Å². The largest absolute Gasteiger partial charge is 0.356 e. The minimum atomic E-state index is -0.223. The fourth-order valence-electron chi connectivity index (χ4n) is 0.692. The van der Waals surface area contributed by atoms with E-state index in [1.54, 1.807) is 0 Å². The highest BCUT2D eigenvalue weighted by Crippen LogP contribution is 1.90. The number of hydrogen-bond acceptors (Lipinski definition) is 3. The quantitative estimate of drug-likeness (QED) is 0.605. The van der Waals surface area contributed by atoms with Gasteiger partial charge in [0.2, 0.25) is 11.8 Å². The van der Waals surface area contributed by atoms with Crippen LogP contribution in [-0.2, 0) is 14.4 Å². The Kier molecular flexibility index (Phi) is 6.74. The number of carbonyl (C=O) groups is 2. The molecule has 0 fully saturated rings. The first-order chi connectivity index (χ1) is 6.52. The fraction of sp³-hybridized carbons (Fsp3) is 0.778. The summed E-state index contributed by atoms with van der Waals surface area (Å²) in [6.07, 6.45) is 0.234. The molecule has 0 heterocycles. The molecule has 0 aliphatic heterocycles. The van der Waals surface area contributed by atoms with Crippen LogP contribution in [0.4, 0.5) is 0 Å². The summed E-state index contributed by atoms with van der Waals surface area (Å²) in [4.78, 5) is 26.4. The Balaban J connectivity index is 3.33. The van der Waals surface area contributed by atoms with E-state index in [1.165, 1.54) is 6.92 Å². The Morgan fingerprint density at radius 1 is 1.36 bits per heavy atom. The third kappa shape index (κ3) is 8.99. The molecule has 0 spiro atoms. The number of hydrogen-bond donors (Lipinski definition) is 2. The molecule has 0 saturated heterocycles. The van der Waals surface area contributed by atoms with Gasteiger partial charge in [0.25, 0.3) is 0 Å². The Labute approximate surface area is 84.1 Å². The molecule has 2 amide bonds. The Hall–Kier alpha value is -1.10. The fourth-order valence-corrected chi connectivity index (χ4v) is 0.692. The predicted octanol–water partition coefficient (Wildman–Crippen LogP) is 0.216. The molecule has 0 bridgehead atoms. The van der Waals surface area contributed by atoms with E-state index in [9.17, 15) is 9.59 Å². The third-order valence-electron chi connectivity index (χ3n) is 1.33. The lowest BCUT2D eigenvalue weighted by Gasteiger charge is -2.07. The van der Waals surface area contributed by atoms with Crippen molar-refractivity contribution in [1.29, 1.82) is 0 Å². The molecule has 82 valence electrons. The highest BCUT2D eigenvalue weighted by molar-refractivity contribution is 5.77. The van der Waals surface area contributed by atoms with Crippen LogP contribution in [0, 0.1) is 5.92 Å². The Morgan fingerprint density at radius 3 is 2.50 bits per heavy atom. The van der Waals surface area contributed by atoms with Crippen molar-refractivity contribution in [3.63, 3.8) is 0 Å². The van der Waals surface area contributed by atoms with Crippen molar-refractivity contribution in [2.45, 2.75) is 27.2 Å². The van der Waals surface area contributed by atoms with Gasteiger partial charge in [0.15, 0.2) is 0 Å². The molecule has 14 heavy (non-hydrogen) atoms. The smallest absolute Gasteiger partial charge is 0.245 e. The van der Waals surface area contributed by atoms with Gasteiger partial charge in [0.05, 0.1) is 6.61 Å². The molecule has 0 aliphatic rings. The molecule has 5 nitrogen and oxygen atoms in total. The van der Waals surface area contributed by atoms with Gasteiger partial charge in [-0.1, -0.05) is 13.8 Å². The van der Waals surface area contributed by atoms with Crippen molar-refractivity contribution in [3.05, 3.63) is 0 Å². The maximum atomic E-state index is 11.0. The molecule has 0 unspecified atom stereocenters. The van der Waals surface area contributed by atoms with Crippen LogP contribution in [0.15, 0.2) is 0 Å². The zero-order valence-electron chi connectivity index (χ0n) is 8.92. The van der Waals surface area contributed by atoms with Crippen LogP contribution in [0.3, 0.4) is 0 Å². The lowest BCUT2D eigenvalue weighted by atomic mass is 10.2. The Morgan fingerprint density at radius 2 is 2.00 bits per heavy atom.